The van der Waals surface area contributed by atoms with Crippen LogP contribution >= 0.6 is 12.6 Å². The number of rotatable bonds is 45. The number of carbonyl (C=O) groups is 5. The van der Waals surface area contributed by atoms with Crippen LogP contribution in [-0.4, -0.2) is 148 Å². The molecule has 0 radical (unpaired) electrons. The number of fused-ring (bicyclic) bond motifs is 10. The molecule has 0 aromatic carbocycles. The predicted octanol–water partition coefficient (Wildman–Crippen LogP) is 19.8. The van der Waals surface area contributed by atoms with Crippen molar-refractivity contribution in [3.05, 3.63) is 23.3 Å². The molecule has 8 aliphatic rings. The first-order chi connectivity index (χ1) is 51.7. The summed E-state index contributed by atoms with van der Waals surface area (Å²) in [7, 11) is 1.63. The summed E-state index contributed by atoms with van der Waals surface area (Å²) in [5.41, 5.74) is 5.76. The summed E-state index contributed by atoms with van der Waals surface area (Å²) >= 11 is 3.84. The van der Waals surface area contributed by atoms with Gasteiger partial charge in [-0.1, -0.05) is 186 Å². The van der Waals surface area contributed by atoms with Gasteiger partial charge in [0.05, 0.1) is 101 Å². The zero-order valence-corrected chi connectivity index (χ0v) is 73.0. The second-order valence-electron chi connectivity index (χ2n) is 38.1. The third kappa shape index (κ3) is 22.8. The molecule has 0 N–H and O–H groups in total. The largest absolute Gasteiger partial charge is 0.463 e. The fourth-order valence-electron chi connectivity index (χ4n) is 23.4. The quantitative estimate of drug-likeness (QED) is 0.0151. The van der Waals surface area contributed by atoms with Gasteiger partial charge in [-0.05, 0) is 219 Å². The van der Waals surface area contributed by atoms with E-state index in [1.807, 2.05) is 20.8 Å². The van der Waals surface area contributed by atoms with E-state index in [1.165, 1.54) is 103 Å². The van der Waals surface area contributed by atoms with Crippen LogP contribution in [0.25, 0.3) is 0 Å². The molecule has 0 aliphatic heterocycles. The van der Waals surface area contributed by atoms with Gasteiger partial charge >= 0.3 is 29.8 Å². The maximum atomic E-state index is 13.0. The minimum atomic E-state index is -0.457. The van der Waals surface area contributed by atoms with Crippen LogP contribution in [0.4, 0.5) is 0 Å². The lowest BCUT2D eigenvalue weighted by molar-refractivity contribution is -0.172. The van der Waals surface area contributed by atoms with Crippen molar-refractivity contribution in [3.8, 4) is 0 Å². The minimum absolute atomic E-state index is 0.0377. The van der Waals surface area contributed by atoms with E-state index in [1.54, 1.807) is 25.2 Å². The molecule has 0 aromatic heterocycles. The Morgan fingerprint density at radius 3 is 1.16 bits per heavy atom. The third-order valence-corrected chi connectivity index (χ3v) is 31.4. The Labute approximate surface area is 666 Å². The van der Waals surface area contributed by atoms with Gasteiger partial charge < -0.3 is 56.8 Å². The molecule has 18 heteroatoms. The molecule has 0 heterocycles. The molecule has 0 spiro atoms. The molecule has 0 bridgehead atoms. The van der Waals surface area contributed by atoms with E-state index in [9.17, 15) is 24.0 Å². The van der Waals surface area contributed by atoms with Gasteiger partial charge in [0.2, 0.25) is 0 Å². The van der Waals surface area contributed by atoms with Crippen LogP contribution < -0.4 is 0 Å². The molecule has 0 aromatic rings. The lowest BCUT2D eigenvalue weighted by Crippen LogP contribution is -2.58. The Morgan fingerprint density at radius 2 is 0.798 bits per heavy atom. The predicted molar refractivity (Wildman–Crippen MR) is 433 cm³/mol. The first-order valence-corrected chi connectivity index (χ1v) is 44.2. The maximum Gasteiger partial charge on any atom is 0.315 e. The fraction of sp³-hybridized carbons (Fsp3) is 0.901. The number of carbonyl (C=O) groups excluding carboxylic acids is 5. The zero-order valence-electron chi connectivity index (χ0n) is 72.1. The summed E-state index contributed by atoms with van der Waals surface area (Å²) in [4.78, 5) is 62.4. The number of allylic oxidation sites excluding steroid dienone is 2. The average Bonchev–Trinajstić information content (AvgIpc) is 1.65. The van der Waals surface area contributed by atoms with Crippen LogP contribution in [0.5, 0.6) is 0 Å². The van der Waals surface area contributed by atoms with Gasteiger partial charge in [-0.25, -0.2) is 0 Å². The van der Waals surface area contributed by atoms with Crippen molar-refractivity contribution in [3.63, 3.8) is 0 Å². The zero-order chi connectivity index (χ0) is 80.0. The van der Waals surface area contributed by atoms with Gasteiger partial charge in [0.15, 0.2) is 13.6 Å². The highest BCUT2D eigenvalue weighted by molar-refractivity contribution is 7.81. The second-order valence-corrected chi connectivity index (χ2v) is 38.4. The molecule has 109 heavy (non-hydrogen) atoms. The lowest BCUT2D eigenvalue weighted by atomic mass is 9.39. The van der Waals surface area contributed by atoms with E-state index < -0.39 is 17.8 Å². The summed E-state index contributed by atoms with van der Waals surface area (Å²) in [6, 6.07) is 0. The maximum absolute atomic E-state index is 13.0. The van der Waals surface area contributed by atoms with Gasteiger partial charge in [0.1, 0.15) is 19.8 Å². The van der Waals surface area contributed by atoms with Crippen molar-refractivity contribution in [2.75, 3.05) is 106 Å². The Kier molecular flexibility index (Phi) is 36.4. The van der Waals surface area contributed by atoms with E-state index in [-0.39, 0.29) is 117 Å². The van der Waals surface area contributed by atoms with Crippen LogP contribution in [-0.2, 0) is 80.8 Å². The number of hydrogen-bond donors (Lipinski definition) is 1. The third-order valence-electron chi connectivity index (χ3n) is 31.2. The van der Waals surface area contributed by atoms with Gasteiger partial charge in [0.25, 0.3) is 0 Å². The van der Waals surface area contributed by atoms with Crippen molar-refractivity contribution >= 4 is 42.5 Å². The topological polar surface area (TPSA) is 196 Å². The lowest BCUT2D eigenvalue weighted by Gasteiger charge is -2.66. The molecule has 6 unspecified atom stereocenters. The monoisotopic (exact) mass is 1550 g/mol. The first kappa shape index (κ1) is 93.1. The molecule has 6 fully saturated rings. The number of methoxy groups -OCH3 is 1. The van der Waals surface area contributed by atoms with E-state index in [0.29, 0.717) is 105 Å². The smallest absolute Gasteiger partial charge is 0.315 e. The Morgan fingerprint density at radius 1 is 0.431 bits per heavy atom. The van der Waals surface area contributed by atoms with E-state index >= 15 is 0 Å². The molecule has 17 nitrogen and oxygen atoms in total. The van der Waals surface area contributed by atoms with Crippen LogP contribution in [0.1, 0.15) is 292 Å². The number of hydrogen-bond acceptors (Lipinski definition) is 18. The summed E-state index contributed by atoms with van der Waals surface area (Å²) in [5, 5.41) is 0. The highest BCUT2D eigenvalue weighted by atomic mass is 32.1. The van der Waals surface area contributed by atoms with E-state index in [0.717, 1.165) is 80.0 Å². The first-order valence-electron chi connectivity index (χ1n) is 43.6. The number of thiol groups is 1. The molecule has 20 atom stereocenters. The van der Waals surface area contributed by atoms with Crippen molar-refractivity contribution < 1.29 is 80.8 Å². The van der Waals surface area contributed by atoms with Crippen LogP contribution in [0, 0.1) is 114 Å². The molecule has 628 valence electrons. The molecule has 8 rings (SSSR count). The van der Waals surface area contributed by atoms with Crippen molar-refractivity contribution in [2.24, 2.45) is 114 Å². The van der Waals surface area contributed by atoms with Crippen molar-refractivity contribution in [2.45, 2.75) is 304 Å². The molecule has 0 amide bonds. The molecule has 8 aliphatic carbocycles. The normalized spacial score (nSPS) is 33.3. The Bertz CT molecular complexity index is 2900. The van der Waals surface area contributed by atoms with E-state index in [2.05, 4.69) is 122 Å². The minimum Gasteiger partial charge on any atom is -0.463 e. The highest BCUT2D eigenvalue weighted by Gasteiger charge is 2.69. The Hall–Kier alpha value is -3.10. The van der Waals surface area contributed by atoms with Gasteiger partial charge in [-0.2, -0.15) is 12.6 Å². The van der Waals surface area contributed by atoms with Crippen molar-refractivity contribution in [1.29, 1.82) is 0 Å². The summed E-state index contributed by atoms with van der Waals surface area (Å²) in [6.45, 7) is 46.9. The highest BCUT2D eigenvalue weighted by Crippen LogP contribution is 2.77. The summed E-state index contributed by atoms with van der Waals surface area (Å²) in [5.74, 6) is 2.88. The average molecular weight is 1550 g/mol. The SMILES string of the molecule is CCC(CC(C)C(=O)OCOC1CC[C@@]2(C)C(=CC[C@H]3[C@]4(C)CC[C@](C)([C@H](C)CCCC(C)C)[C@H]4CC[C@@]32C)C1)C(=O)OCCOCCOCCOC.CCC(CC(C)C(=O)OCOC1CC[C@@]2(C)C(=CC[C@H]3[C@]4(C)CC[C@](C)([C@H](C)CCCC(C)C)[C@H]4CC[C@@]32C)C1)C(=O)OCCOCCOCCOC(=O)CS. The molecular weight excluding hydrogens is 1400 g/mol. The van der Waals surface area contributed by atoms with Crippen LogP contribution in [0.15, 0.2) is 23.3 Å². The van der Waals surface area contributed by atoms with E-state index in [4.69, 9.17) is 56.8 Å². The molecule has 0 saturated heterocycles. The summed E-state index contributed by atoms with van der Waals surface area (Å²) < 4.78 is 66.0. The summed E-state index contributed by atoms with van der Waals surface area (Å²) in [6.07, 6.45) is 34.6. The number of esters is 5. The van der Waals surface area contributed by atoms with Gasteiger partial charge in [0, 0.05) is 7.11 Å². The molecular formula is C91H156O17S. The second kappa shape index (κ2) is 42.7. The fourth-order valence-corrected chi connectivity index (χ4v) is 23.4. The van der Waals surface area contributed by atoms with Gasteiger partial charge in [-0.3, -0.25) is 24.0 Å². The van der Waals surface area contributed by atoms with Gasteiger partial charge in [-0.15, -0.1) is 0 Å². The van der Waals surface area contributed by atoms with Crippen LogP contribution in [0.3, 0.4) is 0 Å². The van der Waals surface area contributed by atoms with Crippen LogP contribution in [0.2, 0.25) is 0 Å². The van der Waals surface area contributed by atoms with Crippen molar-refractivity contribution in [1.82, 2.24) is 0 Å². The standard InChI is InChI=1S/C46H78O9S.C45H78O8/c1-10-35(42(49)53-27-25-51-23-22-50-24-26-52-40(47)30-56)28-33(4)41(48)55-31-54-37-16-18-45(8)36(29-37)14-15-39-44(7)21-20-43(6,34(5)13-11-12-32(2)3)38(44)17-19-46(39,45)9;1-11-35(41(47)51-28-27-50-26-25-49-24-23-48-10)29-33(4)40(46)53-31-52-37-17-19-44(8)36(30-37)15-16-39-43(7)22-21-42(6,34(5)14-12-13-32(2)3)38(43)18-20-45(39,44)9/h14,32-35,37-39,56H,10-13,15-31H2,1-9H3;15,32-35,37-39H,11-14,16-31H2,1-10H3/t33?,34-,35?,37?,38-,39+,43-,44-,45+,46+;33?,34-,35?,37?,38-,39+,42-,43-,44+,45+/m11/s1. The molecule has 6 saturated carbocycles. The number of ether oxygens (including phenoxy) is 12. The Balaban J connectivity index is 0.000000304.